The van der Waals surface area contributed by atoms with E-state index in [0.29, 0.717) is 23.2 Å². The van der Waals surface area contributed by atoms with Gasteiger partial charge in [0.05, 0.1) is 16.9 Å². The average molecular weight is 200 g/mol. The molecule has 0 radical (unpaired) electrons. The van der Waals surface area contributed by atoms with Gasteiger partial charge < -0.3 is 9.47 Å². The number of hydrogen-bond donors (Lipinski definition) is 0. The molecule has 0 spiro atoms. The lowest BCUT2D eigenvalue weighted by atomic mass is 10.3. The van der Waals surface area contributed by atoms with Crippen molar-refractivity contribution in [2.24, 2.45) is 0 Å². The fourth-order valence-corrected chi connectivity index (χ4v) is 1.65. The highest BCUT2D eigenvalue weighted by molar-refractivity contribution is 8.06. The van der Waals surface area contributed by atoms with Gasteiger partial charge in [0, 0.05) is 0 Å². The van der Waals surface area contributed by atoms with Crippen molar-refractivity contribution in [3.8, 4) is 0 Å². The van der Waals surface area contributed by atoms with Gasteiger partial charge in [-0.1, -0.05) is 11.8 Å². The number of rotatable bonds is 3. The molecule has 13 heavy (non-hydrogen) atoms. The van der Waals surface area contributed by atoms with Gasteiger partial charge in [0.1, 0.15) is 5.76 Å². The smallest absolute Gasteiger partial charge is 0.291 e. The molecule has 0 fully saturated rings. The van der Waals surface area contributed by atoms with E-state index in [9.17, 15) is 4.79 Å². The maximum absolute atomic E-state index is 11.0. The highest BCUT2D eigenvalue weighted by atomic mass is 32.2. The second-order valence-corrected chi connectivity index (χ2v) is 3.41. The molecule has 0 aliphatic carbocycles. The third-order valence-corrected chi connectivity index (χ3v) is 2.57. The van der Waals surface area contributed by atoms with E-state index in [1.54, 1.807) is 12.3 Å². The van der Waals surface area contributed by atoms with E-state index in [1.807, 2.05) is 6.92 Å². The summed E-state index contributed by atoms with van der Waals surface area (Å²) in [4.78, 5) is 11.7. The Labute approximate surface area is 81.8 Å². The molecule has 0 saturated heterocycles. The SMILES string of the molecule is CCOC1=CSC(C(C)=O)=C(C)O1. The molecule has 0 aromatic heterocycles. The lowest BCUT2D eigenvalue weighted by Gasteiger charge is -2.16. The van der Waals surface area contributed by atoms with Crippen molar-refractivity contribution in [2.75, 3.05) is 6.61 Å². The van der Waals surface area contributed by atoms with E-state index in [4.69, 9.17) is 9.47 Å². The Balaban J connectivity index is 2.67. The Morgan fingerprint density at radius 2 is 2.38 bits per heavy atom. The molecule has 0 unspecified atom stereocenters. The fraction of sp³-hybridized carbons (Fsp3) is 0.444. The zero-order valence-electron chi connectivity index (χ0n) is 7.92. The summed E-state index contributed by atoms with van der Waals surface area (Å²) in [6.07, 6.45) is 0. The van der Waals surface area contributed by atoms with Crippen LogP contribution in [0.5, 0.6) is 0 Å². The summed E-state index contributed by atoms with van der Waals surface area (Å²) >= 11 is 1.35. The molecule has 1 heterocycles. The van der Waals surface area contributed by atoms with Gasteiger partial charge in [-0.2, -0.15) is 0 Å². The van der Waals surface area contributed by atoms with Gasteiger partial charge in [0.25, 0.3) is 5.95 Å². The highest BCUT2D eigenvalue weighted by Gasteiger charge is 2.17. The van der Waals surface area contributed by atoms with Gasteiger partial charge in [0.2, 0.25) is 0 Å². The van der Waals surface area contributed by atoms with E-state index in [1.165, 1.54) is 18.7 Å². The molecule has 0 aromatic rings. The van der Waals surface area contributed by atoms with Crippen molar-refractivity contribution in [2.45, 2.75) is 20.8 Å². The molecule has 0 atom stereocenters. The minimum atomic E-state index is 0.0225. The Kier molecular flexibility index (Phi) is 3.42. The van der Waals surface area contributed by atoms with Gasteiger partial charge >= 0.3 is 0 Å². The number of hydrogen-bond acceptors (Lipinski definition) is 4. The van der Waals surface area contributed by atoms with Crippen LogP contribution in [0.3, 0.4) is 0 Å². The standard InChI is InChI=1S/C9H12O3S/c1-4-11-8-5-13-9(6(2)10)7(3)12-8/h5H,4H2,1-3H3. The molecule has 0 N–H and O–H groups in total. The molecular formula is C9H12O3S. The van der Waals surface area contributed by atoms with Crippen molar-refractivity contribution in [3.05, 3.63) is 22.0 Å². The largest absolute Gasteiger partial charge is 0.465 e. The highest BCUT2D eigenvalue weighted by Crippen LogP contribution is 2.30. The van der Waals surface area contributed by atoms with Crippen molar-refractivity contribution in [3.63, 3.8) is 0 Å². The predicted molar refractivity (Wildman–Crippen MR) is 51.8 cm³/mol. The van der Waals surface area contributed by atoms with Crippen molar-refractivity contribution in [1.29, 1.82) is 0 Å². The number of ether oxygens (including phenoxy) is 2. The first kappa shape index (κ1) is 10.2. The second-order valence-electron chi connectivity index (χ2n) is 2.53. The Hall–Kier alpha value is -0.900. The quantitative estimate of drug-likeness (QED) is 0.700. The third-order valence-electron chi connectivity index (χ3n) is 1.45. The molecule has 1 aliphatic rings. The van der Waals surface area contributed by atoms with Crippen LogP contribution in [0.4, 0.5) is 0 Å². The summed E-state index contributed by atoms with van der Waals surface area (Å²) in [6.45, 7) is 5.73. The fourth-order valence-electron chi connectivity index (χ4n) is 0.948. The summed E-state index contributed by atoms with van der Waals surface area (Å²) in [7, 11) is 0. The van der Waals surface area contributed by atoms with Crippen LogP contribution in [0.15, 0.2) is 22.0 Å². The number of Topliss-reactive ketones (excluding diaryl/α,β-unsaturated/α-hetero) is 1. The van der Waals surface area contributed by atoms with Gasteiger partial charge in [-0.15, -0.1) is 0 Å². The van der Waals surface area contributed by atoms with E-state index >= 15 is 0 Å². The molecule has 1 rings (SSSR count). The van der Waals surface area contributed by atoms with Crippen LogP contribution >= 0.6 is 11.8 Å². The number of ketones is 1. The normalized spacial score (nSPS) is 16.4. The van der Waals surface area contributed by atoms with E-state index in [0.717, 1.165) is 0 Å². The minimum Gasteiger partial charge on any atom is -0.465 e. The molecule has 3 nitrogen and oxygen atoms in total. The van der Waals surface area contributed by atoms with Gasteiger partial charge in [-0.3, -0.25) is 4.79 Å². The van der Waals surface area contributed by atoms with Crippen LogP contribution in [-0.4, -0.2) is 12.4 Å². The first-order valence-electron chi connectivity index (χ1n) is 4.04. The number of carbonyl (C=O) groups is 1. The lowest BCUT2D eigenvalue weighted by molar-refractivity contribution is -0.113. The molecule has 4 heteroatoms. The summed E-state index contributed by atoms with van der Waals surface area (Å²) in [5, 5.41) is 1.70. The van der Waals surface area contributed by atoms with Crippen molar-refractivity contribution in [1.82, 2.24) is 0 Å². The van der Waals surface area contributed by atoms with Crippen LogP contribution < -0.4 is 0 Å². The summed E-state index contributed by atoms with van der Waals surface area (Å²) < 4.78 is 10.4. The number of allylic oxidation sites excluding steroid dienone is 2. The van der Waals surface area contributed by atoms with Gasteiger partial charge in [0.15, 0.2) is 5.78 Å². The topological polar surface area (TPSA) is 35.5 Å². The molecule has 72 valence electrons. The van der Waals surface area contributed by atoms with Crippen LogP contribution in [-0.2, 0) is 14.3 Å². The summed E-state index contributed by atoms with van der Waals surface area (Å²) in [5.74, 6) is 1.10. The van der Waals surface area contributed by atoms with E-state index < -0.39 is 0 Å². The van der Waals surface area contributed by atoms with Crippen LogP contribution in [0.2, 0.25) is 0 Å². The molecule has 0 aromatic carbocycles. The van der Waals surface area contributed by atoms with Crippen LogP contribution in [0.25, 0.3) is 0 Å². The van der Waals surface area contributed by atoms with Gasteiger partial charge in [-0.05, 0) is 20.8 Å². The molecule has 1 aliphatic heterocycles. The monoisotopic (exact) mass is 200 g/mol. The molecule has 0 saturated carbocycles. The van der Waals surface area contributed by atoms with E-state index in [-0.39, 0.29) is 5.78 Å². The molecule has 0 bridgehead atoms. The number of carbonyl (C=O) groups excluding carboxylic acids is 1. The zero-order valence-corrected chi connectivity index (χ0v) is 8.73. The molecule has 0 amide bonds. The third kappa shape index (κ3) is 2.52. The van der Waals surface area contributed by atoms with Crippen LogP contribution in [0.1, 0.15) is 20.8 Å². The van der Waals surface area contributed by atoms with E-state index in [2.05, 4.69) is 0 Å². The first-order chi connectivity index (χ1) is 6.15. The maximum atomic E-state index is 11.0. The first-order valence-corrected chi connectivity index (χ1v) is 4.92. The Morgan fingerprint density at radius 1 is 1.69 bits per heavy atom. The summed E-state index contributed by atoms with van der Waals surface area (Å²) in [5.41, 5.74) is 0. The van der Waals surface area contributed by atoms with Gasteiger partial charge in [-0.25, -0.2) is 0 Å². The van der Waals surface area contributed by atoms with Crippen LogP contribution in [0, 0.1) is 0 Å². The zero-order chi connectivity index (χ0) is 9.84. The van der Waals surface area contributed by atoms with Crippen molar-refractivity contribution >= 4 is 17.5 Å². The predicted octanol–water partition coefficient (Wildman–Crippen LogP) is 2.41. The maximum Gasteiger partial charge on any atom is 0.291 e. The Morgan fingerprint density at radius 3 is 2.85 bits per heavy atom. The molecular weight excluding hydrogens is 188 g/mol. The van der Waals surface area contributed by atoms with Crippen molar-refractivity contribution < 1.29 is 14.3 Å². The lowest BCUT2D eigenvalue weighted by Crippen LogP contribution is -2.05. The minimum absolute atomic E-state index is 0.0225. The average Bonchev–Trinajstić information content (AvgIpc) is 2.04. The second kappa shape index (κ2) is 4.37. The summed E-state index contributed by atoms with van der Waals surface area (Å²) in [6, 6.07) is 0. The number of thioether (sulfide) groups is 1. The Bertz CT molecular complexity index is 279.